The third-order valence-electron chi connectivity index (χ3n) is 2.15. The zero-order valence-electron chi connectivity index (χ0n) is 7.71. The van der Waals surface area contributed by atoms with Crippen molar-refractivity contribution in [3.8, 4) is 0 Å². The summed E-state index contributed by atoms with van der Waals surface area (Å²) in [4.78, 5) is 0. The van der Waals surface area contributed by atoms with Gasteiger partial charge in [0, 0.05) is 25.2 Å². The molecule has 2 aliphatic rings. The quantitative estimate of drug-likeness (QED) is 0.293. The second-order valence-corrected chi connectivity index (χ2v) is 4.11. The molecule has 0 radical (unpaired) electrons. The average Bonchev–Trinajstić information content (AvgIpc) is 2.24. The van der Waals surface area contributed by atoms with Crippen LogP contribution in [0, 0.1) is 5.92 Å². The monoisotopic (exact) mass is 228 g/mol. The van der Waals surface area contributed by atoms with Crippen LogP contribution in [-0.4, -0.2) is 37.2 Å². The number of nitrogens with one attached hydrogen (secondary N) is 1. The molecule has 2 heterocycles. The average molecular weight is 228 g/mol. The fourth-order valence-electron chi connectivity index (χ4n) is 1.61. The van der Waals surface area contributed by atoms with Crippen LogP contribution < -0.4 is 35.0 Å². The molecule has 1 N–H and O–H groups in total. The Kier molecular flexibility index (Phi) is 3.98. The molecule has 8 heteroatoms. The van der Waals surface area contributed by atoms with Crippen LogP contribution in [0.4, 0.5) is 0 Å². The summed E-state index contributed by atoms with van der Waals surface area (Å²) in [6.45, 7) is 1.09. The number of hydrazine groups is 1. The van der Waals surface area contributed by atoms with E-state index < -0.39 is 16.5 Å². The van der Waals surface area contributed by atoms with Crippen molar-refractivity contribution in [1.29, 1.82) is 0 Å². The van der Waals surface area contributed by atoms with Crippen molar-refractivity contribution in [3.05, 3.63) is 12.3 Å². The van der Waals surface area contributed by atoms with Crippen LogP contribution >= 0.6 is 0 Å². The van der Waals surface area contributed by atoms with Gasteiger partial charge in [-0.15, -0.1) is 0 Å². The first-order valence-corrected chi connectivity index (χ1v) is 5.20. The summed E-state index contributed by atoms with van der Waals surface area (Å²) in [5.74, 6) is -0.00928. The standard InChI is InChI=1S/C6H10N2O4S.Na/c9-13(10,11)12-6-4-8-3-5(6)1-2-7-8;/h1-2,5-7H,3-4H2,(H,9,10,11);/q;+1/p-1. The Hall–Kier alpha value is 0.370. The van der Waals surface area contributed by atoms with Gasteiger partial charge in [-0.1, -0.05) is 6.08 Å². The van der Waals surface area contributed by atoms with E-state index >= 15 is 0 Å². The first-order chi connectivity index (χ1) is 6.04. The Balaban J connectivity index is 0.000000980. The molecule has 2 bridgehead atoms. The van der Waals surface area contributed by atoms with Crippen LogP contribution in [0.25, 0.3) is 0 Å². The minimum Gasteiger partial charge on any atom is -0.726 e. The molecule has 0 aromatic rings. The van der Waals surface area contributed by atoms with Crippen LogP contribution in [0.15, 0.2) is 12.3 Å². The van der Waals surface area contributed by atoms with Gasteiger partial charge in [0.25, 0.3) is 0 Å². The molecule has 1 fully saturated rings. The molecule has 0 spiro atoms. The molecule has 1 saturated heterocycles. The topological polar surface area (TPSA) is 81.7 Å². The van der Waals surface area contributed by atoms with E-state index in [1.165, 1.54) is 0 Å². The zero-order valence-corrected chi connectivity index (χ0v) is 10.5. The van der Waals surface area contributed by atoms with Crippen molar-refractivity contribution in [2.24, 2.45) is 5.92 Å². The van der Waals surface area contributed by atoms with Gasteiger partial charge in [0.15, 0.2) is 0 Å². The van der Waals surface area contributed by atoms with E-state index in [1.54, 1.807) is 17.3 Å². The van der Waals surface area contributed by atoms with Gasteiger partial charge in [0.2, 0.25) is 10.4 Å². The summed E-state index contributed by atoms with van der Waals surface area (Å²) >= 11 is 0. The second-order valence-electron chi connectivity index (χ2n) is 3.10. The Morgan fingerprint density at radius 2 is 2.21 bits per heavy atom. The smallest absolute Gasteiger partial charge is 0.726 e. The van der Waals surface area contributed by atoms with Gasteiger partial charge in [-0.05, 0) is 0 Å². The maximum absolute atomic E-state index is 10.3. The van der Waals surface area contributed by atoms with Crippen LogP contribution in [0.2, 0.25) is 0 Å². The summed E-state index contributed by atoms with van der Waals surface area (Å²) in [6.07, 6.45) is 2.97. The number of hydrogen-bond donors (Lipinski definition) is 1. The number of fused-ring (bicyclic) bond motifs is 2. The van der Waals surface area contributed by atoms with Gasteiger partial charge in [-0.3, -0.25) is 4.18 Å². The summed E-state index contributed by atoms with van der Waals surface area (Å²) < 4.78 is 35.4. The van der Waals surface area contributed by atoms with E-state index in [2.05, 4.69) is 9.61 Å². The molecule has 3 unspecified atom stereocenters. The fourth-order valence-corrected chi connectivity index (χ4v) is 2.12. The SMILES string of the molecule is O=S(=O)([O-])OC1CN2CC1C=CN2.[Na+]. The van der Waals surface area contributed by atoms with Gasteiger partial charge in [-0.25, -0.2) is 13.4 Å². The van der Waals surface area contributed by atoms with Crippen molar-refractivity contribution in [2.45, 2.75) is 6.10 Å². The van der Waals surface area contributed by atoms with Gasteiger partial charge >= 0.3 is 29.6 Å². The van der Waals surface area contributed by atoms with Gasteiger partial charge in [0.05, 0.1) is 6.10 Å². The van der Waals surface area contributed by atoms with Crippen molar-refractivity contribution >= 4 is 10.4 Å². The normalized spacial score (nSPS) is 34.8. The maximum Gasteiger partial charge on any atom is 1.00 e. The molecular weight excluding hydrogens is 219 g/mol. The Morgan fingerprint density at radius 1 is 1.50 bits per heavy atom. The molecule has 0 aromatic carbocycles. The van der Waals surface area contributed by atoms with Crippen LogP contribution in [0.3, 0.4) is 0 Å². The van der Waals surface area contributed by atoms with E-state index in [1.807, 2.05) is 0 Å². The minimum absolute atomic E-state index is 0. The van der Waals surface area contributed by atoms with Crippen LogP contribution in [0.5, 0.6) is 0 Å². The van der Waals surface area contributed by atoms with Gasteiger partial charge in [0.1, 0.15) is 0 Å². The molecule has 2 rings (SSSR count). The number of rotatable bonds is 2. The van der Waals surface area contributed by atoms with Crippen molar-refractivity contribution in [1.82, 2.24) is 10.4 Å². The summed E-state index contributed by atoms with van der Waals surface area (Å²) in [6, 6.07) is 0. The minimum atomic E-state index is -4.58. The van der Waals surface area contributed by atoms with Crippen molar-refractivity contribution in [2.75, 3.05) is 13.1 Å². The first kappa shape index (κ1) is 12.4. The fraction of sp³-hybridized carbons (Fsp3) is 0.667. The predicted molar refractivity (Wildman–Crippen MR) is 41.9 cm³/mol. The molecule has 0 amide bonds. The molecule has 2 aliphatic heterocycles. The van der Waals surface area contributed by atoms with Crippen molar-refractivity contribution in [3.63, 3.8) is 0 Å². The number of nitrogens with zero attached hydrogens (tertiary/aromatic N) is 1. The third kappa shape index (κ3) is 2.93. The molecule has 74 valence electrons. The summed E-state index contributed by atoms with van der Waals surface area (Å²) in [5, 5.41) is 1.81. The van der Waals surface area contributed by atoms with Crippen LogP contribution in [-0.2, 0) is 14.6 Å². The molecule has 6 nitrogen and oxygen atoms in total. The Bertz CT molecular complexity index is 331. The second kappa shape index (κ2) is 4.48. The Labute approximate surface area is 105 Å². The molecule has 0 aromatic heterocycles. The molecule has 0 aliphatic carbocycles. The first-order valence-electron chi connectivity index (χ1n) is 3.86. The van der Waals surface area contributed by atoms with E-state index in [9.17, 15) is 13.0 Å². The van der Waals surface area contributed by atoms with Crippen LogP contribution in [0.1, 0.15) is 0 Å². The van der Waals surface area contributed by atoms with Gasteiger partial charge in [-0.2, -0.15) is 0 Å². The molecule has 0 saturated carbocycles. The molecule has 3 atom stereocenters. The zero-order chi connectivity index (χ0) is 9.47. The third-order valence-corrected chi connectivity index (χ3v) is 2.63. The van der Waals surface area contributed by atoms with Gasteiger partial charge < -0.3 is 9.98 Å². The summed E-state index contributed by atoms with van der Waals surface area (Å²) in [5.41, 5.74) is 2.90. The van der Waals surface area contributed by atoms with E-state index in [4.69, 9.17) is 0 Å². The Morgan fingerprint density at radius 3 is 2.79 bits per heavy atom. The van der Waals surface area contributed by atoms with Crippen molar-refractivity contribution < 1.29 is 46.7 Å². The number of hydrogen-bond acceptors (Lipinski definition) is 6. The molecular formula is C6H9N2NaO4S. The molecule has 14 heavy (non-hydrogen) atoms. The maximum atomic E-state index is 10.3. The predicted octanol–water partition coefficient (Wildman–Crippen LogP) is -4.20. The van der Waals surface area contributed by atoms with E-state index in [0.29, 0.717) is 13.1 Å². The summed E-state index contributed by atoms with van der Waals surface area (Å²) in [7, 11) is -4.58. The largest absolute Gasteiger partial charge is 1.00 e. The van der Waals surface area contributed by atoms with E-state index in [0.717, 1.165) is 0 Å². The van der Waals surface area contributed by atoms with E-state index in [-0.39, 0.29) is 35.5 Å².